The van der Waals surface area contributed by atoms with Gasteiger partial charge in [-0.05, 0) is 31.5 Å². The normalized spacial score (nSPS) is 14.0. The standard InChI is InChI=1S/C19H29ClN4O2.2ClH/c20-16-7-4-5-8-17(16)22-18(25)15-23-11-13-24(14-12-23)19(26)9-3-1-2-6-10-21;;/h4-5,7-8H,1-3,6,9-15,21H2,(H,22,25);2*1H. The fraction of sp³-hybridized carbons (Fsp3) is 0.579. The molecule has 9 heteroatoms. The van der Waals surface area contributed by atoms with Crippen LogP contribution in [-0.4, -0.2) is 60.9 Å². The van der Waals surface area contributed by atoms with Crippen LogP contribution in [0.4, 0.5) is 5.69 Å². The Bertz CT molecular complexity index is 596. The molecule has 0 radical (unpaired) electrons. The molecule has 1 aliphatic rings. The lowest BCUT2D eigenvalue weighted by Crippen LogP contribution is -2.50. The SMILES string of the molecule is Cl.Cl.NCCCCCCC(=O)N1CCN(CC(=O)Nc2ccccc2Cl)CC1. The maximum atomic E-state index is 12.2. The van der Waals surface area contributed by atoms with Gasteiger partial charge in [0.1, 0.15) is 0 Å². The maximum absolute atomic E-state index is 12.2. The molecule has 3 N–H and O–H groups in total. The van der Waals surface area contributed by atoms with Crippen molar-refractivity contribution in [2.75, 3.05) is 44.6 Å². The summed E-state index contributed by atoms with van der Waals surface area (Å²) in [5.41, 5.74) is 6.10. The summed E-state index contributed by atoms with van der Waals surface area (Å²) in [6, 6.07) is 7.19. The molecule has 1 aromatic rings. The summed E-state index contributed by atoms with van der Waals surface area (Å²) >= 11 is 6.06. The molecule has 0 aliphatic carbocycles. The van der Waals surface area contributed by atoms with Gasteiger partial charge in [-0.2, -0.15) is 0 Å². The highest BCUT2D eigenvalue weighted by Gasteiger charge is 2.22. The molecule has 160 valence electrons. The number of rotatable bonds is 9. The lowest BCUT2D eigenvalue weighted by atomic mass is 10.1. The average molecular weight is 454 g/mol. The Labute approximate surface area is 185 Å². The Balaban J connectivity index is 0.00000364. The summed E-state index contributed by atoms with van der Waals surface area (Å²) in [6.45, 7) is 3.83. The first-order chi connectivity index (χ1) is 12.6. The second kappa shape index (κ2) is 14.9. The molecular formula is C19H31Cl3N4O2. The van der Waals surface area contributed by atoms with Crippen LogP contribution in [0.1, 0.15) is 32.1 Å². The zero-order valence-corrected chi connectivity index (χ0v) is 18.5. The van der Waals surface area contributed by atoms with E-state index in [-0.39, 0.29) is 36.6 Å². The first kappa shape index (κ1) is 27.0. The van der Waals surface area contributed by atoms with Gasteiger partial charge in [0.05, 0.1) is 17.3 Å². The molecule has 2 rings (SSSR count). The van der Waals surface area contributed by atoms with Crippen molar-refractivity contribution in [3.63, 3.8) is 0 Å². The summed E-state index contributed by atoms with van der Waals surface area (Å²) in [5, 5.41) is 3.36. The molecule has 6 nitrogen and oxygen atoms in total. The van der Waals surface area contributed by atoms with E-state index in [4.69, 9.17) is 17.3 Å². The summed E-state index contributed by atoms with van der Waals surface area (Å²) in [6.07, 6.45) is 4.73. The minimum atomic E-state index is -0.0854. The number of piperazine rings is 1. The lowest BCUT2D eigenvalue weighted by molar-refractivity contribution is -0.133. The van der Waals surface area contributed by atoms with Crippen molar-refractivity contribution in [3.8, 4) is 0 Å². The van der Waals surface area contributed by atoms with Crippen LogP contribution in [0.3, 0.4) is 0 Å². The summed E-state index contributed by atoms with van der Waals surface area (Å²) < 4.78 is 0. The third kappa shape index (κ3) is 9.43. The maximum Gasteiger partial charge on any atom is 0.238 e. The van der Waals surface area contributed by atoms with E-state index in [1.54, 1.807) is 12.1 Å². The van der Waals surface area contributed by atoms with E-state index in [2.05, 4.69) is 10.2 Å². The van der Waals surface area contributed by atoms with Gasteiger partial charge < -0.3 is 16.0 Å². The zero-order chi connectivity index (χ0) is 18.8. The quantitative estimate of drug-likeness (QED) is 0.563. The minimum absolute atomic E-state index is 0. The molecule has 2 amide bonds. The van der Waals surface area contributed by atoms with Crippen molar-refractivity contribution in [2.24, 2.45) is 5.73 Å². The van der Waals surface area contributed by atoms with Crippen LogP contribution < -0.4 is 11.1 Å². The van der Waals surface area contributed by atoms with Crippen molar-refractivity contribution in [1.29, 1.82) is 0 Å². The van der Waals surface area contributed by atoms with Crippen molar-refractivity contribution < 1.29 is 9.59 Å². The van der Waals surface area contributed by atoms with Crippen molar-refractivity contribution in [2.45, 2.75) is 32.1 Å². The third-order valence-electron chi connectivity index (χ3n) is 4.58. The highest BCUT2D eigenvalue weighted by atomic mass is 35.5. The molecule has 0 atom stereocenters. The van der Waals surface area contributed by atoms with Gasteiger partial charge in [-0.3, -0.25) is 14.5 Å². The number of amides is 2. The highest BCUT2D eigenvalue weighted by Crippen LogP contribution is 2.20. The monoisotopic (exact) mass is 452 g/mol. The number of nitrogens with one attached hydrogen (secondary N) is 1. The number of nitrogens with two attached hydrogens (primary N) is 1. The Kier molecular flexibility index (Phi) is 14.3. The van der Waals surface area contributed by atoms with E-state index >= 15 is 0 Å². The van der Waals surface area contributed by atoms with E-state index in [0.29, 0.717) is 36.8 Å². The van der Waals surface area contributed by atoms with Crippen molar-refractivity contribution in [3.05, 3.63) is 29.3 Å². The van der Waals surface area contributed by atoms with E-state index in [1.165, 1.54) is 0 Å². The molecule has 0 spiro atoms. The van der Waals surface area contributed by atoms with E-state index in [1.807, 2.05) is 17.0 Å². The number of halogens is 3. The number of para-hydroxylation sites is 1. The number of unbranched alkanes of at least 4 members (excludes halogenated alkanes) is 3. The molecule has 1 heterocycles. The predicted molar refractivity (Wildman–Crippen MR) is 120 cm³/mol. The number of hydrogen-bond acceptors (Lipinski definition) is 4. The second-order valence-electron chi connectivity index (χ2n) is 6.64. The number of carbonyl (C=O) groups is 2. The van der Waals surface area contributed by atoms with E-state index in [9.17, 15) is 9.59 Å². The van der Waals surface area contributed by atoms with Gasteiger partial charge in [-0.15, -0.1) is 24.8 Å². The van der Waals surface area contributed by atoms with Gasteiger partial charge in [-0.25, -0.2) is 0 Å². The number of benzene rings is 1. The van der Waals surface area contributed by atoms with Crippen LogP contribution in [0.2, 0.25) is 5.02 Å². The number of hydrogen-bond donors (Lipinski definition) is 2. The van der Waals surface area contributed by atoms with Crippen LogP contribution in [0.5, 0.6) is 0 Å². The predicted octanol–water partition coefficient (Wildman–Crippen LogP) is 3.18. The highest BCUT2D eigenvalue weighted by molar-refractivity contribution is 6.33. The third-order valence-corrected chi connectivity index (χ3v) is 4.91. The first-order valence-electron chi connectivity index (χ1n) is 9.34. The Hall–Kier alpha value is -1.05. The van der Waals surface area contributed by atoms with Gasteiger partial charge in [0.15, 0.2) is 0 Å². The fourth-order valence-corrected chi connectivity index (χ4v) is 3.23. The molecule has 0 unspecified atom stereocenters. The molecule has 1 saturated heterocycles. The second-order valence-corrected chi connectivity index (χ2v) is 7.05. The number of anilines is 1. The van der Waals surface area contributed by atoms with Crippen LogP contribution in [0, 0.1) is 0 Å². The number of carbonyl (C=O) groups excluding carboxylic acids is 2. The van der Waals surface area contributed by atoms with Gasteiger partial charge >= 0.3 is 0 Å². The fourth-order valence-electron chi connectivity index (χ4n) is 3.04. The Morgan fingerprint density at radius 3 is 2.29 bits per heavy atom. The topological polar surface area (TPSA) is 78.7 Å². The van der Waals surface area contributed by atoms with Crippen LogP contribution in [0.25, 0.3) is 0 Å². The van der Waals surface area contributed by atoms with Gasteiger partial charge in [0, 0.05) is 32.6 Å². The Morgan fingerprint density at radius 2 is 1.64 bits per heavy atom. The number of nitrogens with zero attached hydrogens (tertiary/aromatic N) is 2. The van der Waals surface area contributed by atoms with Crippen molar-refractivity contribution in [1.82, 2.24) is 9.80 Å². The van der Waals surface area contributed by atoms with Crippen molar-refractivity contribution >= 4 is 53.9 Å². The molecule has 28 heavy (non-hydrogen) atoms. The van der Waals surface area contributed by atoms with Gasteiger partial charge in [0.25, 0.3) is 0 Å². The largest absolute Gasteiger partial charge is 0.340 e. The molecule has 0 bridgehead atoms. The molecular weight excluding hydrogens is 423 g/mol. The van der Waals surface area contributed by atoms with Crippen LogP contribution in [0.15, 0.2) is 24.3 Å². The molecule has 1 aliphatic heterocycles. The molecule has 1 fully saturated rings. The minimum Gasteiger partial charge on any atom is -0.340 e. The van der Waals surface area contributed by atoms with Gasteiger partial charge in [0.2, 0.25) is 11.8 Å². The molecule has 0 aromatic heterocycles. The summed E-state index contributed by atoms with van der Waals surface area (Å²) in [5.74, 6) is 0.135. The van der Waals surface area contributed by atoms with E-state index in [0.717, 1.165) is 45.3 Å². The summed E-state index contributed by atoms with van der Waals surface area (Å²) in [4.78, 5) is 28.4. The van der Waals surface area contributed by atoms with E-state index < -0.39 is 0 Å². The lowest BCUT2D eigenvalue weighted by Gasteiger charge is -2.34. The molecule has 0 saturated carbocycles. The van der Waals surface area contributed by atoms with Crippen LogP contribution in [-0.2, 0) is 9.59 Å². The molecule has 1 aromatic carbocycles. The summed E-state index contributed by atoms with van der Waals surface area (Å²) in [7, 11) is 0. The van der Waals surface area contributed by atoms with Gasteiger partial charge in [-0.1, -0.05) is 36.6 Å². The Morgan fingerprint density at radius 1 is 1.00 bits per heavy atom. The first-order valence-corrected chi connectivity index (χ1v) is 9.72. The average Bonchev–Trinajstić information content (AvgIpc) is 2.64. The van der Waals surface area contributed by atoms with Crippen LogP contribution >= 0.6 is 36.4 Å². The smallest absolute Gasteiger partial charge is 0.238 e. The zero-order valence-electron chi connectivity index (χ0n) is 16.1.